The predicted molar refractivity (Wildman–Crippen MR) is 54.2 cm³/mol. The summed E-state index contributed by atoms with van der Waals surface area (Å²) in [6.45, 7) is 2.36. The van der Waals surface area contributed by atoms with Gasteiger partial charge in [-0.2, -0.15) is 0 Å². The summed E-state index contributed by atoms with van der Waals surface area (Å²) in [6, 6.07) is 1.66. The van der Waals surface area contributed by atoms with Crippen molar-refractivity contribution in [3.8, 4) is 0 Å². The van der Waals surface area contributed by atoms with Crippen LogP contribution in [-0.4, -0.2) is 23.6 Å². The molecule has 0 fully saturated rings. The minimum atomic E-state index is -0.362. The third-order valence-corrected chi connectivity index (χ3v) is 1.82. The largest absolute Gasteiger partial charge is 0.466 e. The first-order chi connectivity index (χ1) is 7.72. The van der Waals surface area contributed by atoms with Gasteiger partial charge in [-0.3, -0.25) is 9.59 Å². The van der Waals surface area contributed by atoms with Crippen molar-refractivity contribution in [1.82, 2.24) is 10.5 Å². The van der Waals surface area contributed by atoms with Gasteiger partial charge in [0.15, 0.2) is 0 Å². The highest BCUT2D eigenvalue weighted by Crippen LogP contribution is 1.96. The summed E-state index contributed by atoms with van der Waals surface area (Å²) in [7, 11) is 0. The first-order valence-corrected chi connectivity index (χ1v) is 5.04. The summed E-state index contributed by atoms with van der Waals surface area (Å²) < 4.78 is 9.30. The molecule has 0 aromatic carbocycles. The Hall–Kier alpha value is -1.85. The van der Waals surface area contributed by atoms with Crippen LogP contribution in [0.2, 0.25) is 0 Å². The van der Waals surface area contributed by atoms with E-state index < -0.39 is 0 Å². The van der Waals surface area contributed by atoms with Gasteiger partial charge in [0.2, 0.25) is 5.91 Å². The van der Waals surface area contributed by atoms with Gasteiger partial charge in [-0.1, -0.05) is 5.16 Å². The molecule has 1 aromatic rings. The SMILES string of the molecule is CCOC(=O)CCC(=O)NCc1ccon1. The summed E-state index contributed by atoms with van der Waals surface area (Å²) >= 11 is 0. The van der Waals surface area contributed by atoms with Gasteiger partial charge in [-0.05, 0) is 6.92 Å². The van der Waals surface area contributed by atoms with E-state index >= 15 is 0 Å². The molecule has 1 N–H and O–H groups in total. The molecule has 1 aromatic heterocycles. The van der Waals surface area contributed by atoms with E-state index in [-0.39, 0.29) is 24.7 Å². The van der Waals surface area contributed by atoms with Crippen molar-refractivity contribution >= 4 is 11.9 Å². The third-order valence-electron chi connectivity index (χ3n) is 1.82. The number of aromatic nitrogens is 1. The van der Waals surface area contributed by atoms with E-state index in [0.29, 0.717) is 18.8 Å². The number of nitrogens with zero attached hydrogens (tertiary/aromatic N) is 1. The zero-order valence-electron chi connectivity index (χ0n) is 9.06. The Morgan fingerprint density at radius 2 is 2.31 bits per heavy atom. The molecule has 1 heterocycles. The predicted octanol–water partition coefficient (Wildman–Crippen LogP) is 0.634. The van der Waals surface area contributed by atoms with E-state index in [4.69, 9.17) is 4.74 Å². The van der Waals surface area contributed by atoms with Crippen LogP contribution in [0.3, 0.4) is 0 Å². The standard InChI is InChI=1S/C10H14N2O4/c1-2-15-10(14)4-3-9(13)11-7-8-5-6-16-12-8/h5-6H,2-4,7H2,1H3,(H,11,13). The van der Waals surface area contributed by atoms with Crippen molar-refractivity contribution in [2.45, 2.75) is 26.3 Å². The topological polar surface area (TPSA) is 81.4 Å². The zero-order chi connectivity index (χ0) is 11.8. The average Bonchev–Trinajstić information content (AvgIpc) is 2.77. The molecule has 0 saturated carbocycles. The second-order valence-electron chi connectivity index (χ2n) is 3.07. The smallest absolute Gasteiger partial charge is 0.306 e. The minimum absolute atomic E-state index is 0.0957. The van der Waals surface area contributed by atoms with Gasteiger partial charge in [-0.15, -0.1) is 0 Å². The molecule has 0 aliphatic carbocycles. The summed E-state index contributed by atoms with van der Waals surface area (Å²) in [5.74, 6) is -0.574. The van der Waals surface area contributed by atoms with Crippen LogP contribution in [0.4, 0.5) is 0 Å². The molecule has 6 nitrogen and oxygen atoms in total. The lowest BCUT2D eigenvalue weighted by molar-refractivity contribution is -0.144. The Bertz CT molecular complexity index is 335. The molecule has 0 spiro atoms. The number of carbonyl (C=O) groups is 2. The molecular weight excluding hydrogens is 212 g/mol. The Morgan fingerprint density at radius 1 is 1.50 bits per heavy atom. The van der Waals surface area contributed by atoms with Gasteiger partial charge in [-0.25, -0.2) is 0 Å². The number of rotatable bonds is 6. The van der Waals surface area contributed by atoms with E-state index in [1.807, 2.05) is 0 Å². The average molecular weight is 226 g/mol. The van der Waals surface area contributed by atoms with Gasteiger partial charge in [0.25, 0.3) is 0 Å². The quantitative estimate of drug-likeness (QED) is 0.719. The third kappa shape index (κ3) is 4.59. The van der Waals surface area contributed by atoms with Crippen LogP contribution in [0.25, 0.3) is 0 Å². The van der Waals surface area contributed by atoms with Crippen LogP contribution >= 0.6 is 0 Å². The molecule has 1 rings (SSSR count). The van der Waals surface area contributed by atoms with Crippen molar-refractivity contribution in [3.05, 3.63) is 18.0 Å². The molecule has 0 unspecified atom stereocenters. The summed E-state index contributed by atoms with van der Waals surface area (Å²) in [5, 5.41) is 6.24. The Morgan fingerprint density at radius 3 is 2.94 bits per heavy atom. The highest BCUT2D eigenvalue weighted by molar-refractivity contribution is 5.81. The lowest BCUT2D eigenvalue weighted by Gasteiger charge is -2.02. The monoisotopic (exact) mass is 226 g/mol. The molecule has 1 amide bonds. The fourth-order valence-electron chi connectivity index (χ4n) is 1.06. The Kier molecular flexibility index (Phi) is 5.04. The number of nitrogens with one attached hydrogen (secondary N) is 1. The highest BCUT2D eigenvalue weighted by atomic mass is 16.5. The fourth-order valence-corrected chi connectivity index (χ4v) is 1.06. The van der Waals surface area contributed by atoms with Crippen LogP contribution in [-0.2, 0) is 20.9 Å². The van der Waals surface area contributed by atoms with Gasteiger partial charge >= 0.3 is 5.97 Å². The first-order valence-electron chi connectivity index (χ1n) is 5.04. The first kappa shape index (κ1) is 12.2. The van der Waals surface area contributed by atoms with E-state index in [1.165, 1.54) is 6.26 Å². The summed E-state index contributed by atoms with van der Waals surface area (Å²) in [6.07, 6.45) is 1.65. The zero-order valence-corrected chi connectivity index (χ0v) is 9.06. The number of carbonyl (C=O) groups excluding carboxylic acids is 2. The van der Waals surface area contributed by atoms with E-state index in [9.17, 15) is 9.59 Å². The molecular formula is C10H14N2O4. The van der Waals surface area contributed by atoms with E-state index in [2.05, 4.69) is 15.0 Å². The van der Waals surface area contributed by atoms with Crippen LogP contribution in [0.15, 0.2) is 16.9 Å². The summed E-state index contributed by atoms with van der Waals surface area (Å²) in [5.41, 5.74) is 0.643. The Balaban J connectivity index is 2.14. The second kappa shape index (κ2) is 6.60. The number of amides is 1. The maximum atomic E-state index is 11.3. The van der Waals surface area contributed by atoms with Crippen molar-refractivity contribution in [1.29, 1.82) is 0 Å². The van der Waals surface area contributed by atoms with Gasteiger partial charge in [0, 0.05) is 12.5 Å². The molecule has 0 bridgehead atoms. The number of hydrogen-bond donors (Lipinski definition) is 1. The van der Waals surface area contributed by atoms with Crippen LogP contribution in [0.1, 0.15) is 25.5 Å². The summed E-state index contributed by atoms with van der Waals surface area (Å²) in [4.78, 5) is 22.2. The molecule has 0 saturated heterocycles. The van der Waals surface area contributed by atoms with E-state index in [1.54, 1.807) is 13.0 Å². The maximum absolute atomic E-state index is 11.3. The number of hydrogen-bond acceptors (Lipinski definition) is 5. The van der Waals surface area contributed by atoms with Crippen molar-refractivity contribution in [2.75, 3.05) is 6.61 Å². The lowest BCUT2D eigenvalue weighted by atomic mass is 10.3. The molecule has 16 heavy (non-hydrogen) atoms. The van der Waals surface area contributed by atoms with Gasteiger partial charge in [0.1, 0.15) is 12.0 Å². The highest BCUT2D eigenvalue weighted by Gasteiger charge is 2.07. The molecule has 88 valence electrons. The molecule has 0 aliphatic heterocycles. The maximum Gasteiger partial charge on any atom is 0.306 e. The van der Waals surface area contributed by atoms with Crippen LogP contribution < -0.4 is 5.32 Å². The molecule has 0 atom stereocenters. The minimum Gasteiger partial charge on any atom is -0.466 e. The van der Waals surface area contributed by atoms with Gasteiger partial charge in [0.05, 0.1) is 19.6 Å². The molecule has 6 heteroatoms. The lowest BCUT2D eigenvalue weighted by Crippen LogP contribution is -2.23. The normalized spacial score (nSPS) is 9.81. The molecule has 0 radical (unpaired) electrons. The van der Waals surface area contributed by atoms with Gasteiger partial charge < -0.3 is 14.6 Å². The van der Waals surface area contributed by atoms with Crippen molar-refractivity contribution < 1.29 is 18.8 Å². The second-order valence-corrected chi connectivity index (χ2v) is 3.07. The van der Waals surface area contributed by atoms with Crippen molar-refractivity contribution in [2.24, 2.45) is 0 Å². The van der Waals surface area contributed by atoms with E-state index in [0.717, 1.165) is 0 Å². The van der Waals surface area contributed by atoms with Crippen LogP contribution in [0, 0.1) is 0 Å². The number of ether oxygens (including phenoxy) is 1. The van der Waals surface area contributed by atoms with Crippen LogP contribution in [0.5, 0.6) is 0 Å². The molecule has 0 aliphatic rings. The number of esters is 1. The van der Waals surface area contributed by atoms with Crippen molar-refractivity contribution in [3.63, 3.8) is 0 Å². The fraction of sp³-hybridized carbons (Fsp3) is 0.500. The Labute approximate surface area is 92.9 Å².